The maximum atomic E-state index is 12.6. The third-order valence-corrected chi connectivity index (χ3v) is 4.67. The molecular formula is C19H15F3N2OS. The van der Waals surface area contributed by atoms with Crippen LogP contribution in [0.1, 0.15) is 26.5 Å². The average Bonchev–Trinajstić information content (AvgIpc) is 2.93. The Morgan fingerprint density at radius 2 is 1.96 bits per heavy atom. The number of para-hydroxylation sites is 1. The first-order valence-corrected chi connectivity index (χ1v) is 8.59. The Labute approximate surface area is 152 Å². The zero-order valence-corrected chi connectivity index (χ0v) is 14.8. The van der Waals surface area contributed by atoms with E-state index in [0.29, 0.717) is 22.4 Å². The van der Waals surface area contributed by atoms with Gasteiger partial charge in [0.1, 0.15) is 5.52 Å². The highest BCUT2D eigenvalue weighted by Gasteiger charge is 2.21. The summed E-state index contributed by atoms with van der Waals surface area (Å²) in [7, 11) is 0. The van der Waals surface area contributed by atoms with Gasteiger partial charge >= 0.3 is 6.18 Å². The number of fused-ring (bicyclic) bond motifs is 1. The summed E-state index contributed by atoms with van der Waals surface area (Å²) in [5.41, 5.74) is 2.71. The Morgan fingerprint density at radius 3 is 2.65 bits per heavy atom. The standard InChI is InChI=1S/C19H15F3N2OS/c1-11-10-13(8-9-19(20,21)22)6-7-14(11)18(25)24-15-4-3-5-16-17(15)23-12(2)26-16/h3-10H,1-2H3,(H,24,25)/b9-8+. The number of anilines is 1. The molecule has 0 bridgehead atoms. The number of nitrogens with zero attached hydrogens (tertiary/aromatic N) is 1. The van der Waals surface area contributed by atoms with Crippen LogP contribution in [0.3, 0.4) is 0 Å². The Hall–Kier alpha value is -2.67. The number of hydrogen-bond acceptors (Lipinski definition) is 3. The molecule has 3 nitrogen and oxygen atoms in total. The lowest BCUT2D eigenvalue weighted by atomic mass is 10.0. The van der Waals surface area contributed by atoms with Crippen molar-refractivity contribution in [2.24, 2.45) is 0 Å². The molecule has 0 fully saturated rings. The maximum Gasteiger partial charge on any atom is 0.409 e. The van der Waals surface area contributed by atoms with Crippen molar-refractivity contribution >= 4 is 39.2 Å². The van der Waals surface area contributed by atoms with Crippen LogP contribution in [0.5, 0.6) is 0 Å². The highest BCUT2D eigenvalue weighted by atomic mass is 32.1. The van der Waals surface area contributed by atoms with Gasteiger partial charge in [-0.25, -0.2) is 4.98 Å². The second kappa shape index (κ2) is 6.92. The average molecular weight is 376 g/mol. The maximum absolute atomic E-state index is 12.6. The minimum Gasteiger partial charge on any atom is -0.320 e. The number of aryl methyl sites for hydroxylation is 2. The zero-order valence-electron chi connectivity index (χ0n) is 14.0. The van der Waals surface area contributed by atoms with Crippen LogP contribution in [-0.2, 0) is 0 Å². The number of benzene rings is 2. The number of nitrogens with one attached hydrogen (secondary N) is 1. The number of halogens is 3. The molecule has 2 aromatic carbocycles. The second-order valence-electron chi connectivity index (χ2n) is 5.79. The van der Waals surface area contributed by atoms with Crippen molar-refractivity contribution in [2.75, 3.05) is 5.32 Å². The minimum atomic E-state index is -4.37. The summed E-state index contributed by atoms with van der Waals surface area (Å²) in [5, 5.41) is 3.74. The van der Waals surface area contributed by atoms with E-state index in [1.165, 1.54) is 23.5 Å². The van der Waals surface area contributed by atoms with E-state index in [9.17, 15) is 18.0 Å². The predicted molar refractivity (Wildman–Crippen MR) is 98.6 cm³/mol. The lowest BCUT2D eigenvalue weighted by Gasteiger charge is -2.09. The Morgan fingerprint density at radius 1 is 1.19 bits per heavy atom. The molecule has 1 aromatic heterocycles. The number of carbonyl (C=O) groups excluding carboxylic acids is 1. The molecule has 0 saturated carbocycles. The molecule has 0 radical (unpaired) electrons. The molecule has 134 valence electrons. The number of thiazole rings is 1. The van der Waals surface area contributed by atoms with Crippen LogP contribution < -0.4 is 5.32 Å². The number of allylic oxidation sites excluding steroid dienone is 1. The van der Waals surface area contributed by atoms with Crippen LogP contribution in [-0.4, -0.2) is 17.1 Å². The number of hydrogen-bond donors (Lipinski definition) is 1. The fraction of sp³-hybridized carbons (Fsp3) is 0.158. The lowest BCUT2D eigenvalue weighted by molar-refractivity contribution is -0.0790. The zero-order chi connectivity index (χ0) is 18.9. The van der Waals surface area contributed by atoms with Crippen LogP contribution in [0.4, 0.5) is 18.9 Å². The molecule has 3 aromatic rings. The van der Waals surface area contributed by atoms with Crippen molar-refractivity contribution in [3.05, 3.63) is 64.2 Å². The van der Waals surface area contributed by atoms with Crippen molar-refractivity contribution < 1.29 is 18.0 Å². The summed E-state index contributed by atoms with van der Waals surface area (Å²) in [5.74, 6) is -0.327. The Balaban J connectivity index is 1.84. The first-order chi connectivity index (χ1) is 12.2. The number of rotatable bonds is 3. The van der Waals surface area contributed by atoms with Gasteiger partial charge in [-0.15, -0.1) is 11.3 Å². The van der Waals surface area contributed by atoms with Gasteiger partial charge in [0, 0.05) is 11.6 Å². The third kappa shape index (κ3) is 4.11. The summed E-state index contributed by atoms with van der Waals surface area (Å²) >= 11 is 1.54. The molecule has 1 N–H and O–H groups in total. The lowest BCUT2D eigenvalue weighted by Crippen LogP contribution is -2.13. The fourth-order valence-corrected chi connectivity index (χ4v) is 3.44. The van der Waals surface area contributed by atoms with E-state index in [0.717, 1.165) is 21.3 Å². The molecule has 0 aliphatic heterocycles. The van der Waals surface area contributed by atoms with Gasteiger partial charge in [-0.05, 0) is 43.2 Å². The molecule has 26 heavy (non-hydrogen) atoms. The van der Waals surface area contributed by atoms with Gasteiger partial charge in [0.2, 0.25) is 0 Å². The molecular weight excluding hydrogens is 361 g/mol. The quantitative estimate of drug-likeness (QED) is 0.633. The van der Waals surface area contributed by atoms with E-state index < -0.39 is 6.18 Å². The van der Waals surface area contributed by atoms with Crippen LogP contribution in [0, 0.1) is 13.8 Å². The fourth-order valence-electron chi connectivity index (χ4n) is 2.59. The highest BCUT2D eigenvalue weighted by molar-refractivity contribution is 7.18. The Kier molecular flexibility index (Phi) is 4.82. The smallest absolute Gasteiger partial charge is 0.320 e. The largest absolute Gasteiger partial charge is 0.409 e. The third-order valence-electron chi connectivity index (χ3n) is 3.73. The van der Waals surface area contributed by atoms with Gasteiger partial charge in [0.05, 0.1) is 15.4 Å². The van der Waals surface area contributed by atoms with Crippen LogP contribution in [0.25, 0.3) is 16.3 Å². The van der Waals surface area contributed by atoms with E-state index in [1.807, 2.05) is 19.1 Å². The SMILES string of the molecule is Cc1nc2c(NC(=O)c3ccc(/C=C/C(F)(F)F)cc3C)cccc2s1. The highest BCUT2D eigenvalue weighted by Crippen LogP contribution is 2.28. The van der Waals surface area contributed by atoms with Crippen molar-refractivity contribution in [1.82, 2.24) is 4.98 Å². The summed E-state index contributed by atoms with van der Waals surface area (Å²) in [6.45, 7) is 3.58. The van der Waals surface area contributed by atoms with Crippen molar-refractivity contribution in [2.45, 2.75) is 20.0 Å². The summed E-state index contributed by atoms with van der Waals surface area (Å²) < 4.78 is 37.8. The van der Waals surface area contributed by atoms with Crippen LogP contribution in [0.15, 0.2) is 42.5 Å². The molecule has 1 amide bonds. The molecule has 7 heteroatoms. The van der Waals surface area contributed by atoms with Crippen molar-refractivity contribution in [1.29, 1.82) is 0 Å². The van der Waals surface area contributed by atoms with E-state index in [2.05, 4.69) is 10.3 Å². The second-order valence-corrected chi connectivity index (χ2v) is 7.02. The molecule has 0 spiro atoms. The normalized spacial score (nSPS) is 12.0. The van der Waals surface area contributed by atoms with E-state index in [4.69, 9.17) is 0 Å². The molecule has 1 heterocycles. The van der Waals surface area contributed by atoms with Gasteiger partial charge in [-0.3, -0.25) is 4.79 Å². The molecule has 0 aliphatic carbocycles. The van der Waals surface area contributed by atoms with Crippen LogP contribution in [0.2, 0.25) is 0 Å². The first-order valence-electron chi connectivity index (χ1n) is 7.77. The van der Waals surface area contributed by atoms with E-state index >= 15 is 0 Å². The summed E-state index contributed by atoms with van der Waals surface area (Å²) in [4.78, 5) is 17.0. The van der Waals surface area contributed by atoms with Gasteiger partial charge in [0.25, 0.3) is 5.91 Å². The molecule has 3 rings (SSSR count). The molecule has 0 saturated heterocycles. The van der Waals surface area contributed by atoms with Gasteiger partial charge in [-0.1, -0.05) is 24.3 Å². The Bertz CT molecular complexity index is 1010. The van der Waals surface area contributed by atoms with Crippen molar-refractivity contribution in [3.8, 4) is 0 Å². The van der Waals surface area contributed by atoms with Crippen molar-refractivity contribution in [3.63, 3.8) is 0 Å². The monoisotopic (exact) mass is 376 g/mol. The summed E-state index contributed by atoms with van der Waals surface area (Å²) in [6.07, 6.45) is -3.21. The molecule has 0 atom stereocenters. The van der Waals surface area contributed by atoms with E-state index in [1.54, 1.807) is 19.1 Å². The number of carbonyl (C=O) groups is 1. The number of alkyl halides is 3. The number of aromatic nitrogens is 1. The van der Waals surface area contributed by atoms with Gasteiger partial charge < -0.3 is 5.32 Å². The summed E-state index contributed by atoms with van der Waals surface area (Å²) in [6, 6.07) is 10.1. The number of amides is 1. The van der Waals surface area contributed by atoms with Gasteiger partial charge in [0.15, 0.2) is 0 Å². The van der Waals surface area contributed by atoms with E-state index in [-0.39, 0.29) is 12.0 Å². The van der Waals surface area contributed by atoms with Gasteiger partial charge in [-0.2, -0.15) is 13.2 Å². The predicted octanol–water partition coefficient (Wildman–Crippen LogP) is 5.74. The first kappa shape index (κ1) is 18.1. The molecule has 0 unspecified atom stereocenters. The molecule has 0 aliphatic rings. The topological polar surface area (TPSA) is 42.0 Å². The minimum absolute atomic E-state index is 0.173. The van der Waals surface area contributed by atoms with Crippen LogP contribution >= 0.6 is 11.3 Å².